The minimum absolute atomic E-state index is 0.113. The second kappa shape index (κ2) is 14.0. The third kappa shape index (κ3) is 8.38. The van der Waals surface area contributed by atoms with Gasteiger partial charge < -0.3 is 10.2 Å². The molecule has 3 aromatic rings. The summed E-state index contributed by atoms with van der Waals surface area (Å²) in [6, 6.07) is 22.8. The lowest BCUT2D eigenvalue weighted by Crippen LogP contribution is -2.51. The van der Waals surface area contributed by atoms with Crippen LogP contribution in [0.4, 0.5) is 4.39 Å². The molecule has 0 aliphatic rings. The van der Waals surface area contributed by atoms with Crippen LogP contribution in [0.15, 0.2) is 78.9 Å². The molecule has 0 unspecified atom stereocenters. The van der Waals surface area contributed by atoms with Crippen LogP contribution in [0.3, 0.4) is 0 Å². The lowest BCUT2D eigenvalue weighted by molar-refractivity contribution is -0.139. The van der Waals surface area contributed by atoms with Gasteiger partial charge in [0.2, 0.25) is 11.8 Å². The molecule has 0 fully saturated rings. The van der Waals surface area contributed by atoms with Gasteiger partial charge in [0.25, 0.3) is 0 Å². The Bertz CT molecular complexity index is 1140. The first-order chi connectivity index (χ1) is 17.3. The molecule has 0 aliphatic carbocycles. The van der Waals surface area contributed by atoms with E-state index >= 15 is 0 Å². The van der Waals surface area contributed by atoms with Crippen LogP contribution in [0.25, 0.3) is 0 Å². The molecule has 1 N–H and O–H groups in total. The number of nitrogens with zero attached hydrogens (tertiary/aromatic N) is 1. The quantitative estimate of drug-likeness (QED) is 0.309. The number of hydrogen-bond acceptors (Lipinski definition) is 3. The smallest absolute Gasteiger partial charge is 0.243 e. The van der Waals surface area contributed by atoms with E-state index in [9.17, 15) is 14.0 Å². The second-order valence-electron chi connectivity index (χ2n) is 9.04. The summed E-state index contributed by atoms with van der Waals surface area (Å²) in [6.45, 7) is 4.77. The predicted octanol–water partition coefficient (Wildman–Crippen LogP) is 6.12. The number of carbonyl (C=O) groups is 2. The highest BCUT2D eigenvalue weighted by atomic mass is 35.5. The van der Waals surface area contributed by atoms with E-state index in [2.05, 4.69) is 5.32 Å². The molecule has 0 aliphatic heterocycles. The average molecular weight is 527 g/mol. The van der Waals surface area contributed by atoms with Crippen molar-refractivity contribution in [1.82, 2.24) is 10.2 Å². The Labute approximate surface area is 222 Å². The molecular weight excluding hydrogens is 495 g/mol. The minimum atomic E-state index is -0.719. The van der Waals surface area contributed by atoms with Crippen LogP contribution in [0, 0.1) is 11.7 Å². The van der Waals surface area contributed by atoms with E-state index in [-0.39, 0.29) is 35.8 Å². The Morgan fingerprint density at radius 1 is 0.944 bits per heavy atom. The van der Waals surface area contributed by atoms with Gasteiger partial charge in [-0.1, -0.05) is 92.2 Å². The third-order valence-corrected chi connectivity index (χ3v) is 7.03. The molecule has 0 saturated heterocycles. The van der Waals surface area contributed by atoms with Crippen LogP contribution in [0.1, 0.15) is 30.5 Å². The van der Waals surface area contributed by atoms with Crippen molar-refractivity contribution in [2.75, 3.05) is 12.3 Å². The molecule has 3 aromatic carbocycles. The SMILES string of the molecule is CC(C)CNC(=O)[C@H](Cc1ccccc1)N(Cc1ccccc1Cl)C(=O)CSCc1ccccc1F. The normalized spacial score (nSPS) is 11.8. The van der Waals surface area contributed by atoms with Crippen molar-refractivity contribution in [3.05, 3.63) is 106 Å². The summed E-state index contributed by atoms with van der Waals surface area (Å²) in [5.74, 6) is 0.0580. The Morgan fingerprint density at radius 2 is 1.58 bits per heavy atom. The molecule has 0 heterocycles. The van der Waals surface area contributed by atoms with Gasteiger partial charge in [0.05, 0.1) is 5.75 Å². The Hall–Kier alpha value is -2.83. The summed E-state index contributed by atoms with van der Waals surface area (Å²) in [6.07, 6.45) is 0.374. The molecule has 0 radical (unpaired) electrons. The van der Waals surface area contributed by atoms with E-state index < -0.39 is 6.04 Å². The van der Waals surface area contributed by atoms with Gasteiger partial charge in [-0.25, -0.2) is 4.39 Å². The first kappa shape index (κ1) is 27.8. The predicted molar refractivity (Wildman–Crippen MR) is 146 cm³/mol. The summed E-state index contributed by atoms with van der Waals surface area (Å²) < 4.78 is 14.1. The van der Waals surface area contributed by atoms with Gasteiger partial charge in [0, 0.05) is 30.3 Å². The van der Waals surface area contributed by atoms with Gasteiger partial charge in [-0.3, -0.25) is 9.59 Å². The summed E-state index contributed by atoms with van der Waals surface area (Å²) >= 11 is 7.77. The highest BCUT2D eigenvalue weighted by molar-refractivity contribution is 7.99. The average Bonchev–Trinajstić information content (AvgIpc) is 2.87. The van der Waals surface area contributed by atoms with Crippen molar-refractivity contribution in [2.45, 2.75) is 38.6 Å². The van der Waals surface area contributed by atoms with Crippen LogP contribution in [-0.4, -0.2) is 35.1 Å². The van der Waals surface area contributed by atoms with Crippen molar-refractivity contribution in [2.24, 2.45) is 5.92 Å². The number of rotatable bonds is 12. The molecule has 1 atom stereocenters. The largest absolute Gasteiger partial charge is 0.354 e. The van der Waals surface area contributed by atoms with Crippen LogP contribution < -0.4 is 5.32 Å². The minimum Gasteiger partial charge on any atom is -0.354 e. The fourth-order valence-electron chi connectivity index (χ4n) is 3.73. The van der Waals surface area contributed by atoms with Crippen LogP contribution in [-0.2, 0) is 28.3 Å². The van der Waals surface area contributed by atoms with Gasteiger partial charge >= 0.3 is 0 Å². The molecule has 3 rings (SSSR count). The van der Waals surface area contributed by atoms with Gasteiger partial charge in [-0.15, -0.1) is 11.8 Å². The van der Waals surface area contributed by atoms with Gasteiger partial charge in [-0.05, 0) is 34.7 Å². The molecule has 36 heavy (non-hydrogen) atoms. The summed E-state index contributed by atoms with van der Waals surface area (Å²) in [4.78, 5) is 28.6. The van der Waals surface area contributed by atoms with Crippen LogP contribution in [0.5, 0.6) is 0 Å². The van der Waals surface area contributed by atoms with Crippen LogP contribution in [0.2, 0.25) is 5.02 Å². The lowest BCUT2D eigenvalue weighted by Gasteiger charge is -2.32. The van der Waals surface area contributed by atoms with Gasteiger partial charge in [0.1, 0.15) is 11.9 Å². The maximum Gasteiger partial charge on any atom is 0.243 e. The second-order valence-corrected chi connectivity index (χ2v) is 10.4. The van der Waals surface area contributed by atoms with E-state index in [0.29, 0.717) is 29.3 Å². The van der Waals surface area contributed by atoms with Gasteiger partial charge in [0.15, 0.2) is 0 Å². The fourth-order valence-corrected chi connectivity index (χ4v) is 4.83. The Balaban J connectivity index is 1.86. The first-order valence-corrected chi connectivity index (χ1v) is 13.5. The number of amides is 2. The maximum atomic E-state index is 14.1. The highest BCUT2D eigenvalue weighted by Gasteiger charge is 2.30. The zero-order valence-corrected chi connectivity index (χ0v) is 22.2. The fraction of sp³-hybridized carbons (Fsp3) is 0.310. The number of nitrogens with one attached hydrogen (secondary N) is 1. The third-order valence-electron chi connectivity index (χ3n) is 5.70. The topological polar surface area (TPSA) is 49.4 Å². The summed E-state index contributed by atoms with van der Waals surface area (Å²) in [7, 11) is 0. The lowest BCUT2D eigenvalue weighted by atomic mass is 10.0. The molecule has 2 amide bonds. The van der Waals surface area contributed by atoms with E-state index in [1.54, 1.807) is 29.2 Å². The van der Waals surface area contributed by atoms with Crippen molar-refractivity contribution in [1.29, 1.82) is 0 Å². The molecule has 0 aromatic heterocycles. The van der Waals surface area contributed by atoms with Crippen molar-refractivity contribution >= 4 is 35.2 Å². The summed E-state index contributed by atoms with van der Waals surface area (Å²) in [5, 5.41) is 3.54. The van der Waals surface area contributed by atoms with Crippen molar-refractivity contribution < 1.29 is 14.0 Å². The van der Waals surface area contributed by atoms with E-state index in [1.807, 2.05) is 62.4 Å². The molecule has 190 valence electrons. The van der Waals surface area contributed by atoms with Crippen molar-refractivity contribution in [3.8, 4) is 0 Å². The number of carbonyl (C=O) groups excluding carboxylic acids is 2. The number of thioether (sulfide) groups is 1. The Kier molecular flexibility index (Phi) is 10.8. The highest BCUT2D eigenvalue weighted by Crippen LogP contribution is 2.22. The Morgan fingerprint density at radius 3 is 2.25 bits per heavy atom. The standard InChI is InChI=1S/C29H32ClFN2O2S/c1-21(2)17-32-29(35)27(16-22-10-4-3-5-11-22)33(18-23-12-6-8-14-25(23)30)28(34)20-36-19-24-13-7-9-15-26(24)31/h3-15,21,27H,16-20H2,1-2H3,(H,32,35)/t27-/m0/s1. The molecule has 0 saturated carbocycles. The molecule has 0 spiro atoms. The van der Waals surface area contributed by atoms with E-state index in [0.717, 1.165) is 11.1 Å². The number of benzene rings is 3. The molecule has 4 nitrogen and oxygen atoms in total. The summed E-state index contributed by atoms with van der Waals surface area (Å²) in [5.41, 5.74) is 2.27. The molecule has 0 bridgehead atoms. The molecule has 7 heteroatoms. The first-order valence-electron chi connectivity index (χ1n) is 12.0. The van der Waals surface area contributed by atoms with E-state index in [4.69, 9.17) is 11.6 Å². The zero-order valence-electron chi connectivity index (χ0n) is 20.6. The number of halogens is 2. The molecular formula is C29H32ClFN2O2S. The monoisotopic (exact) mass is 526 g/mol. The van der Waals surface area contributed by atoms with Crippen LogP contribution >= 0.6 is 23.4 Å². The zero-order chi connectivity index (χ0) is 25.9. The number of hydrogen-bond donors (Lipinski definition) is 1. The maximum absolute atomic E-state index is 14.1. The van der Waals surface area contributed by atoms with E-state index in [1.165, 1.54) is 17.8 Å². The van der Waals surface area contributed by atoms with Gasteiger partial charge in [-0.2, -0.15) is 0 Å². The van der Waals surface area contributed by atoms with Crippen molar-refractivity contribution in [3.63, 3.8) is 0 Å².